The minimum Gasteiger partial charge on any atom is -0.393 e. The van der Waals surface area contributed by atoms with Crippen molar-refractivity contribution in [1.29, 1.82) is 0 Å². The molecular weight excluding hydrogens is 152 g/mol. The summed E-state index contributed by atoms with van der Waals surface area (Å²) >= 11 is 0. The lowest BCUT2D eigenvalue weighted by molar-refractivity contribution is 0.167. The number of carbonyl (C=O) groups excluding carboxylic acids is 1. The van der Waals surface area contributed by atoms with Crippen molar-refractivity contribution in [3.63, 3.8) is 0 Å². The van der Waals surface area contributed by atoms with Gasteiger partial charge in [0.25, 0.3) is 0 Å². The zero-order valence-corrected chi connectivity index (χ0v) is 7.88. The Labute approximate surface area is 75.0 Å². The largest absolute Gasteiger partial charge is 0.393 e. The van der Waals surface area contributed by atoms with Crippen molar-refractivity contribution in [3.8, 4) is 0 Å². The smallest absolute Gasteiger partial charge is 0.201 e. The lowest BCUT2D eigenvalue weighted by atomic mass is 10.1. The van der Waals surface area contributed by atoms with Crippen LogP contribution in [0.25, 0.3) is 0 Å². The van der Waals surface area contributed by atoms with Crippen LogP contribution in [0.1, 0.15) is 51.9 Å². The van der Waals surface area contributed by atoms with Crippen LogP contribution in [-0.4, -0.2) is 17.5 Å². The van der Waals surface area contributed by atoms with Crippen molar-refractivity contribution in [2.45, 2.75) is 58.0 Å². The minimum atomic E-state index is -0.455. The van der Waals surface area contributed by atoms with Gasteiger partial charge in [0.2, 0.25) is 6.29 Å². The van der Waals surface area contributed by atoms with Crippen LogP contribution in [-0.2, 0) is 4.79 Å². The third-order valence-electron chi connectivity index (χ3n) is 1.96. The Balaban J connectivity index is 3.02. The molecule has 1 unspecified atom stereocenters. The molecule has 12 heavy (non-hydrogen) atoms. The molecule has 0 aliphatic carbocycles. The first kappa shape index (κ1) is 11.6. The SMILES string of the molecule is CCCCCCCC(O)C[C]=O. The van der Waals surface area contributed by atoms with Crippen molar-refractivity contribution in [2.75, 3.05) is 0 Å². The van der Waals surface area contributed by atoms with E-state index in [4.69, 9.17) is 5.11 Å². The predicted octanol–water partition coefficient (Wildman–Crippen LogP) is 2.21. The number of hydrogen-bond donors (Lipinski definition) is 1. The molecular formula is C10H19O2. The molecule has 0 aromatic carbocycles. The second-order valence-corrected chi connectivity index (χ2v) is 3.21. The fraction of sp³-hybridized carbons (Fsp3) is 0.900. The van der Waals surface area contributed by atoms with Gasteiger partial charge in [-0.05, 0) is 6.42 Å². The number of aliphatic hydroxyl groups excluding tert-OH is 1. The Morgan fingerprint density at radius 3 is 2.50 bits per heavy atom. The summed E-state index contributed by atoms with van der Waals surface area (Å²) in [4.78, 5) is 9.87. The Bertz CT molecular complexity index is 102. The molecule has 0 aliphatic heterocycles. The van der Waals surface area contributed by atoms with Crippen LogP contribution >= 0.6 is 0 Å². The van der Waals surface area contributed by atoms with E-state index in [9.17, 15) is 4.79 Å². The molecule has 0 aromatic heterocycles. The normalized spacial score (nSPS) is 12.8. The van der Waals surface area contributed by atoms with Gasteiger partial charge in [-0.15, -0.1) is 0 Å². The Morgan fingerprint density at radius 2 is 1.92 bits per heavy atom. The summed E-state index contributed by atoms with van der Waals surface area (Å²) in [6.07, 6.45) is 8.15. The molecule has 0 aliphatic rings. The van der Waals surface area contributed by atoms with Gasteiger partial charge in [-0.1, -0.05) is 39.0 Å². The number of aliphatic hydroxyl groups is 1. The summed E-state index contributed by atoms with van der Waals surface area (Å²) in [6.45, 7) is 2.18. The molecule has 1 N–H and O–H groups in total. The van der Waals surface area contributed by atoms with Crippen LogP contribution in [0, 0.1) is 0 Å². The quantitative estimate of drug-likeness (QED) is 0.568. The van der Waals surface area contributed by atoms with E-state index in [-0.39, 0.29) is 6.42 Å². The third-order valence-corrected chi connectivity index (χ3v) is 1.96. The first-order valence-electron chi connectivity index (χ1n) is 4.84. The maximum absolute atomic E-state index is 9.87. The van der Waals surface area contributed by atoms with Gasteiger partial charge in [0, 0.05) is 6.42 Å². The highest BCUT2D eigenvalue weighted by Crippen LogP contribution is 2.08. The van der Waals surface area contributed by atoms with Crippen LogP contribution in [0.15, 0.2) is 0 Å². The average molecular weight is 171 g/mol. The molecule has 0 bridgehead atoms. The lowest BCUT2D eigenvalue weighted by Gasteiger charge is -2.05. The first-order chi connectivity index (χ1) is 5.81. The molecule has 0 heterocycles. The summed E-state index contributed by atoms with van der Waals surface area (Å²) in [5.41, 5.74) is 0. The van der Waals surface area contributed by atoms with E-state index in [1.165, 1.54) is 25.7 Å². The molecule has 0 spiro atoms. The summed E-state index contributed by atoms with van der Waals surface area (Å²) in [5, 5.41) is 9.14. The Morgan fingerprint density at radius 1 is 1.25 bits per heavy atom. The zero-order chi connectivity index (χ0) is 9.23. The van der Waals surface area contributed by atoms with Crippen molar-refractivity contribution in [3.05, 3.63) is 0 Å². The standard InChI is InChI=1S/C10H19O2/c1-2-3-4-5-6-7-10(12)8-9-11/h10,12H,2-8H2,1H3. The highest BCUT2D eigenvalue weighted by molar-refractivity contribution is 5.51. The Kier molecular flexibility index (Phi) is 8.46. The second-order valence-electron chi connectivity index (χ2n) is 3.21. The molecule has 71 valence electrons. The van der Waals surface area contributed by atoms with Gasteiger partial charge in [0.1, 0.15) is 0 Å². The summed E-state index contributed by atoms with van der Waals surface area (Å²) < 4.78 is 0. The van der Waals surface area contributed by atoms with E-state index < -0.39 is 6.10 Å². The fourth-order valence-corrected chi connectivity index (χ4v) is 1.18. The van der Waals surface area contributed by atoms with Gasteiger partial charge < -0.3 is 5.11 Å². The van der Waals surface area contributed by atoms with Crippen LogP contribution < -0.4 is 0 Å². The van der Waals surface area contributed by atoms with Gasteiger partial charge in [-0.2, -0.15) is 0 Å². The predicted molar refractivity (Wildman–Crippen MR) is 49.7 cm³/mol. The monoisotopic (exact) mass is 171 g/mol. The van der Waals surface area contributed by atoms with Crippen molar-refractivity contribution in [1.82, 2.24) is 0 Å². The van der Waals surface area contributed by atoms with Gasteiger partial charge in [-0.25, -0.2) is 0 Å². The lowest BCUT2D eigenvalue weighted by Crippen LogP contribution is -2.06. The Hall–Kier alpha value is -0.370. The van der Waals surface area contributed by atoms with E-state index in [2.05, 4.69) is 6.92 Å². The van der Waals surface area contributed by atoms with Crippen molar-refractivity contribution >= 4 is 6.29 Å². The topological polar surface area (TPSA) is 37.3 Å². The highest BCUT2D eigenvalue weighted by atomic mass is 16.3. The van der Waals surface area contributed by atoms with Crippen LogP contribution in [0.3, 0.4) is 0 Å². The van der Waals surface area contributed by atoms with E-state index >= 15 is 0 Å². The molecule has 0 rings (SSSR count). The molecule has 0 fully saturated rings. The van der Waals surface area contributed by atoms with E-state index in [1.807, 2.05) is 0 Å². The molecule has 0 aromatic rings. The van der Waals surface area contributed by atoms with Crippen LogP contribution in [0.5, 0.6) is 0 Å². The first-order valence-corrected chi connectivity index (χ1v) is 4.84. The second kappa shape index (κ2) is 8.72. The van der Waals surface area contributed by atoms with Gasteiger partial charge >= 0.3 is 0 Å². The van der Waals surface area contributed by atoms with Crippen LogP contribution in [0.2, 0.25) is 0 Å². The van der Waals surface area contributed by atoms with Gasteiger partial charge in [0.15, 0.2) is 0 Å². The maximum Gasteiger partial charge on any atom is 0.201 e. The molecule has 0 saturated carbocycles. The average Bonchev–Trinajstić information content (AvgIpc) is 2.05. The zero-order valence-electron chi connectivity index (χ0n) is 7.88. The molecule has 2 nitrogen and oxygen atoms in total. The van der Waals surface area contributed by atoms with Crippen LogP contribution in [0.4, 0.5) is 0 Å². The fourth-order valence-electron chi connectivity index (χ4n) is 1.18. The van der Waals surface area contributed by atoms with Crippen molar-refractivity contribution < 1.29 is 9.90 Å². The van der Waals surface area contributed by atoms with E-state index in [0.717, 1.165) is 12.8 Å². The molecule has 1 radical (unpaired) electrons. The van der Waals surface area contributed by atoms with Crippen molar-refractivity contribution in [2.24, 2.45) is 0 Å². The molecule has 0 saturated heterocycles. The molecule has 1 atom stereocenters. The number of unbranched alkanes of at least 4 members (excludes halogenated alkanes) is 4. The summed E-state index contributed by atoms with van der Waals surface area (Å²) in [6, 6.07) is 0. The molecule has 2 heteroatoms. The molecule has 0 amide bonds. The number of hydrogen-bond acceptors (Lipinski definition) is 2. The van der Waals surface area contributed by atoms with E-state index in [1.54, 1.807) is 6.29 Å². The minimum absolute atomic E-state index is 0.174. The summed E-state index contributed by atoms with van der Waals surface area (Å²) in [7, 11) is 0. The number of rotatable bonds is 8. The highest BCUT2D eigenvalue weighted by Gasteiger charge is 2.02. The van der Waals surface area contributed by atoms with Gasteiger partial charge in [-0.3, -0.25) is 4.79 Å². The van der Waals surface area contributed by atoms with E-state index in [0.29, 0.717) is 0 Å². The summed E-state index contributed by atoms with van der Waals surface area (Å²) in [5.74, 6) is 0. The van der Waals surface area contributed by atoms with Gasteiger partial charge in [0.05, 0.1) is 6.10 Å². The third kappa shape index (κ3) is 7.73. The maximum atomic E-state index is 9.87.